The van der Waals surface area contributed by atoms with E-state index in [1.54, 1.807) is 24.3 Å². The summed E-state index contributed by atoms with van der Waals surface area (Å²) in [5, 5.41) is 7.35. The van der Waals surface area contributed by atoms with E-state index >= 15 is 0 Å². The third-order valence-electron chi connectivity index (χ3n) is 4.64. The maximum Gasteiger partial charge on any atom is 0.416 e. The van der Waals surface area contributed by atoms with E-state index in [2.05, 4.69) is 10.4 Å². The lowest BCUT2D eigenvalue weighted by molar-refractivity contribution is -0.137. The first-order valence-electron chi connectivity index (χ1n) is 10.3. The van der Waals surface area contributed by atoms with E-state index in [4.69, 9.17) is 4.74 Å². The Morgan fingerprint density at radius 3 is 2.47 bits per heavy atom. The highest BCUT2D eigenvalue weighted by atomic mass is 19.4. The number of benzene rings is 2. The van der Waals surface area contributed by atoms with Crippen LogP contribution in [0, 0.1) is 5.92 Å². The van der Waals surface area contributed by atoms with Crippen LogP contribution < -0.4 is 15.6 Å². The molecule has 1 aromatic heterocycles. The molecule has 3 rings (SSSR count). The molecule has 0 saturated carbocycles. The standard InChI is InChI=1S/C23H24F3N3O3/c1-4-11-32-19-10-9-15(23(24,25)26)12-18(19)27-21(30)20-16-7-5-6-8-17(16)22(31)29(28-20)13-14(2)3/h5-10,12,14H,4,11,13H2,1-3H3,(H,27,30). The molecular weight excluding hydrogens is 423 g/mol. The zero-order chi connectivity index (χ0) is 23.5. The first kappa shape index (κ1) is 23.3. The van der Waals surface area contributed by atoms with E-state index in [1.807, 2.05) is 20.8 Å². The summed E-state index contributed by atoms with van der Waals surface area (Å²) in [6.07, 6.45) is -3.95. The van der Waals surface area contributed by atoms with Gasteiger partial charge in [0.1, 0.15) is 5.75 Å². The van der Waals surface area contributed by atoms with Gasteiger partial charge in [-0.3, -0.25) is 9.59 Å². The van der Waals surface area contributed by atoms with E-state index in [1.165, 1.54) is 10.7 Å². The molecule has 0 aliphatic heterocycles. The summed E-state index contributed by atoms with van der Waals surface area (Å²) in [5.41, 5.74) is -1.43. The van der Waals surface area contributed by atoms with Crippen molar-refractivity contribution in [3.63, 3.8) is 0 Å². The van der Waals surface area contributed by atoms with Gasteiger partial charge >= 0.3 is 6.18 Å². The van der Waals surface area contributed by atoms with Crippen LogP contribution in [0.5, 0.6) is 5.75 Å². The number of fused-ring (bicyclic) bond motifs is 1. The van der Waals surface area contributed by atoms with Crippen LogP contribution in [0.2, 0.25) is 0 Å². The van der Waals surface area contributed by atoms with Crippen LogP contribution >= 0.6 is 0 Å². The lowest BCUT2D eigenvalue weighted by atomic mass is 10.1. The summed E-state index contributed by atoms with van der Waals surface area (Å²) in [6, 6.07) is 9.42. The molecule has 1 heterocycles. The molecule has 0 aliphatic carbocycles. The van der Waals surface area contributed by atoms with E-state index in [9.17, 15) is 22.8 Å². The van der Waals surface area contributed by atoms with E-state index in [0.717, 1.165) is 12.1 Å². The third kappa shape index (κ3) is 5.09. The van der Waals surface area contributed by atoms with Gasteiger partial charge in [-0.15, -0.1) is 0 Å². The number of anilines is 1. The van der Waals surface area contributed by atoms with Crippen LogP contribution in [0.1, 0.15) is 43.2 Å². The van der Waals surface area contributed by atoms with Crippen LogP contribution in [0.3, 0.4) is 0 Å². The average Bonchev–Trinajstić information content (AvgIpc) is 2.73. The monoisotopic (exact) mass is 447 g/mol. The second-order valence-electron chi connectivity index (χ2n) is 7.79. The normalized spacial score (nSPS) is 11.7. The van der Waals surface area contributed by atoms with Gasteiger partial charge in [-0.05, 0) is 36.6 Å². The van der Waals surface area contributed by atoms with Crippen molar-refractivity contribution in [3.8, 4) is 5.75 Å². The van der Waals surface area contributed by atoms with Gasteiger partial charge in [0.05, 0.1) is 23.2 Å². The number of amides is 1. The predicted molar refractivity (Wildman–Crippen MR) is 116 cm³/mol. The fraction of sp³-hybridized carbons (Fsp3) is 0.348. The molecule has 6 nitrogen and oxygen atoms in total. The number of halogens is 3. The van der Waals surface area contributed by atoms with Crippen molar-refractivity contribution in [3.05, 3.63) is 64.1 Å². The number of nitrogens with one attached hydrogen (secondary N) is 1. The minimum atomic E-state index is -4.59. The molecule has 1 amide bonds. The number of nitrogens with zero attached hydrogens (tertiary/aromatic N) is 2. The number of rotatable bonds is 7. The van der Waals surface area contributed by atoms with Crippen LogP contribution in [-0.4, -0.2) is 22.3 Å². The first-order chi connectivity index (χ1) is 15.1. The minimum absolute atomic E-state index is 0.0558. The van der Waals surface area contributed by atoms with Gasteiger partial charge in [-0.25, -0.2) is 4.68 Å². The molecule has 9 heteroatoms. The number of alkyl halides is 3. The van der Waals surface area contributed by atoms with Crippen LogP contribution in [0.25, 0.3) is 10.8 Å². The van der Waals surface area contributed by atoms with Gasteiger partial charge in [-0.2, -0.15) is 18.3 Å². The molecule has 1 N–H and O–H groups in total. The number of hydrogen-bond donors (Lipinski definition) is 1. The topological polar surface area (TPSA) is 73.2 Å². The molecule has 0 spiro atoms. The molecule has 32 heavy (non-hydrogen) atoms. The molecule has 2 aromatic carbocycles. The predicted octanol–water partition coefficient (Wildman–Crippen LogP) is 5.11. The Balaban J connectivity index is 2.08. The smallest absolute Gasteiger partial charge is 0.416 e. The van der Waals surface area contributed by atoms with Crippen molar-refractivity contribution in [2.75, 3.05) is 11.9 Å². The van der Waals surface area contributed by atoms with Gasteiger partial charge in [0.2, 0.25) is 0 Å². The fourth-order valence-electron chi connectivity index (χ4n) is 3.20. The number of carbonyl (C=O) groups excluding carboxylic acids is 1. The van der Waals surface area contributed by atoms with E-state index < -0.39 is 17.6 Å². The average molecular weight is 447 g/mol. The number of hydrogen-bond acceptors (Lipinski definition) is 4. The van der Waals surface area contributed by atoms with Gasteiger partial charge < -0.3 is 10.1 Å². The molecule has 0 bridgehead atoms. The highest BCUT2D eigenvalue weighted by Crippen LogP contribution is 2.35. The van der Waals surface area contributed by atoms with Gasteiger partial charge in [0.15, 0.2) is 5.69 Å². The van der Waals surface area contributed by atoms with Gasteiger partial charge in [0, 0.05) is 11.9 Å². The molecule has 0 radical (unpaired) electrons. The maximum atomic E-state index is 13.2. The number of aromatic nitrogens is 2. The largest absolute Gasteiger partial charge is 0.491 e. The molecule has 0 fully saturated rings. The highest BCUT2D eigenvalue weighted by Gasteiger charge is 2.31. The summed E-state index contributed by atoms with van der Waals surface area (Å²) in [7, 11) is 0. The maximum absolute atomic E-state index is 13.2. The summed E-state index contributed by atoms with van der Waals surface area (Å²) in [6.45, 7) is 6.23. The Hall–Kier alpha value is -3.36. The molecule has 170 valence electrons. The minimum Gasteiger partial charge on any atom is -0.491 e. The zero-order valence-corrected chi connectivity index (χ0v) is 18.0. The Morgan fingerprint density at radius 2 is 1.84 bits per heavy atom. The SMILES string of the molecule is CCCOc1ccc(C(F)(F)F)cc1NC(=O)c1nn(CC(C)C)c(=O)c2ccccc12. The molecular formula is C23H24F3N3O3. The van der Waals surface area contributed by atoms with Gasteiger partial charge in [0.25, 0.3) is 11.5 Å². The van der Waals surface area contributed by atoms with Crippen LogP contribution in [0.15, 0.2) is 47.3 Å². The summed E-state index contributed by atoms with van der Waals surface area (Å²) >= 11 is 0. The fourth-order valence-corrected chi connectivity index (χ4v) is 3.20. The molecule has 0 aliphatic rings. The van der Waals surface area contributed by atoms with Crippen LogP contribution in [0.4, 0.5) is 18.9 Å². The molecule has 0 unspecified atom stereocenters. The summed E-state index contributed by atoms with van der Waals surface area (Å²) < 4.78 is 46.4. The van der Waals surface area contributed by atoms with Gasteiger partial charge in [-0.1, -0.05) is 39.0 Å². The third-order valence-corrected chi connectivity index (χ3v) is 4.64. The van der Waals surface area contributed by atoms with Crippen molar-refractivity contribution in [2.45, 2.75) is 39.9 Å². The first-order valence-corrected chi connectivity index (χ1v) is 10.3. The van der Waals surface area contributed by atoms with E-state index in [0.29, 0.717) is 23.7 Å². The zero-order valence-electron chi connectivity index (χ0n) is 18.0. The lowest BCUT2D eigenvalue weighted by Crippen LogP contribution is -2.29. The van der Waals surface area contributed by atoms with Crippen molar-refractivity contribution in [1.82, 2.24) is 9.78 Å². The van der Waals surface area contributed by atoms with Crippen LogP contribution in [-0.2, 0) is 12.7 Å². The quantitative estimate of drug-likeness (QED) is 0.546. The van der Waals surface area contributed by atoms with Crippen molar-refractivity contribution in [1.29, 1.82) is 0 Å². The lowest BCUT2D eigenvalue weighted by Gasteiger charge is -2.16. The Morgan fingerprint density at radius 1 is 1.16 bits per heavy atom. The second-order valence-corrected chi connectivity index (χ2v) is 7.79. The summed E-state index contributed by atoms with van der Waals surface area (Å²) in [5.74, 6) is -0.526. The van der Waals surface area contributed by atoms with E-state index in [-0.39, 0.29) is 35.2 Å². The Bertz CT molecular complexity index is 1190. The molecule has 0 saturated heterocycles. The number of carbonyl (C=O) groups is 1. The van der Waals surface area contributed by atoms with Crippen molar-refractivity contribution >= 4 is 22.4 Å². The second kappa shape index (κ2) is 9.42. The van der Waals surface area contributed by atoms with Crippen molar-refractivity contribution < 1.29 is 22.7 Å². The Labute approximate surface area is 183 Å². The molecule has 3 aromatic rings. The summed E-state index contributed by atoms with van der Waals surface area (Å²) in [4.78, 5) is 25.9. The van der Waals surface area contributed by atoms with Crippen molar-refractivity contribution in [2.24, 2.45) is 5.92 Å². The highest BCUT2D eigenvalue weighted by molar-refractivity contribution is 6.11. The Kier molecular flexibility index (Phi) is 6.86. The number of ether oxygens (including phenoxy) is 1. The molecule has 0 atom stereocenters.